The summed E-state index contributed by atoms with van der Waals surface area (Å²) in [5.74, 6) is 0.562. The third-order valence-corrected chi connectivity index (χ3v) is 2.97. The highest BCUT2D eigenvalue weighted by atomic mass is 19.4. The van der Waals surface area contributed by atoms with Crippen LogP contribution in [0.25, 0.3) is 0 Å². The van der Waals surface area contributed by atoms with Gasteiger partial charge in [0.2, 0.25) is 0 Å². The molecule has 1 aromatic heterocycles. The van der Waals surface area contributed by atoms with Gasteiger partial charge in [-0.2, -0.15) is 18.3 Å². The molecule has 1 heterocycles. The summed E-state index contributed by atoms with van der Waals surface area (Å²) in [6, 6.07) is 6.52. The fourth-order valence-corrected chi connectivity index (χ4v) is 1.97. The van der Waals surface area contributed by atoms with Crippen LogP contribution in [0.3, 0.4) is 0 Å². The van der Waals surface area contributed by atoms with Crippen LogP contribution in [0.5, 0.6) is 5.75 Å². The number of methoxy groups -OCH3 is 1. The molecule has 0 saturated heterocycles. The SMILES string of the molecule is COc1ccccc1C(CN)n1cc(C(F)(F)F)cn1. The number of nitrogens with two attached hydrogens (primary N) is 1. The lowest BCUT2D eigenvalue weighted by Gasteiger charge is -2.18. The van der Waals surface area contributed by atoms with E-state index in [1.807, 2.05) is 0 Å². The molecule has 108 valence electrons. The second kappa shape index (κ2) is 5.54. The van der Waals surface area contributed by atoms with Crippen molar-refractivity contribution >= 4 is 0 Å². The zero-order chi connectivity index (χ0) is 14.8. The topological polar surface area (TPSA) is 53.1 Å². The van der Waals surface area contributed by atoms with Crippen LogP contribution in [0.4, 0.5) is 13.2 Å². The lowest BCUT2D eigenvalue weighted by Crippen LogP contribution is -2.21. The number of benzene rings is 1. The molecule has 2 aromatic rings. The number of para-hydroxylation sites is 1. The summed E-state index contributed by atoms with van der Waals surface area (Å²) in [4.78, 5) is 0. The highest BCUT2D eigenvalue weighted by Crippen LogP contribution is 2.31. The van der Waals surface area contributed by atoms with Crippen molar-refractivity contribution in [1.29, 1.82) is 0 Å². The van der Waals surface area contributed by atoms with Crippen LogP contribution in [0.15, 0.2) is 36.7 Å². The van der Waals surface area contributed by atoms with Crippen molar-refractivity contribution < 1.29 is 17.9 Å². The molecule has 0 radical (unpaired) electrons. The maximum atomic E-state index is 12.6. The highest BCUT2D eigenvalue weighted by molar-refractivity contribution is 5.36. The normalized spacial score (nSPS) is 13.2. The predicted molar refractivity (Wildman–Crippen MR) is 67.4 cm³/mol. The molecule has 0 amide bonds. The Bertz CT molecular complexity index is 580. The molecule has 20 heavy (non-hydrogen) atoms. The molecule has 0 aliphatic rings. The van der Waals surface area contributed by atoms with E-state index in [-0.39, 0.29) is 6.54 Å². The number of hydrogen-bond donors (Lipinski definition) is 1. The highest BCUT2D eigenvalue weighted by Gasteiger charge is 2.33. The second-order valence-corrected chi connectivity index (χ2v) is 4.20. The number of hydrogen-bond acceptors (Lipinski definition) is 3. The number of aromatic nitrogens is 2. The molecular formula is C13H14F3N3O. The largest absolute Gasteiger partial charge is 0.496 e. The fraction of sp³-hybridized carbons (Fsp3) is 0.308. The Hall–Kier alpha value is -2.02. The predicted octanol–water partition coefficient (Wildman–Crippen LogP) is 2.46. The Morgan fingerprint density at radius 2 is 2.05 bits per heavy atom. The molecule has 1 unspecified atom stereocenters. The van der Waals surface area contributed by atoms with E-state index in [0.717, 1.165) is 12.4 Å². The zero-order valence-corrected chi connectivity index (χ0v) is 10.8. The molecule has 2 rings (SSSR count). The van der Waals surface area contributed by atoms with Gasteiger partial charge in [-0.15, -0.1) is 0 Å². The van der Waals surface area contributed by atoms with Crippen LogP contribution in [0.1, 0.15) is 17.2 Å². The third kappa shape index (κ3) is 2.77. The second-order valence-electron chi connectivity index (χ2n) is 4.20. The fourth-order valence-electron chi connectivity index (χ4n) is 1.97. The Labute approximate surface area is 114 Å². The van der Waals surface area contributed by atoms with Crippen molar-refractivity contribution in [3.05, 3.63) is 47.8 Å². The van der Waals surface area contributed by atoms with E-state index in [1.54, 1.807) is 24.3 Å². The van der Waals surface area contributed by atoms with Crippen LogP contribution in [-0.2, 0) is 6.18 Å². The first kappa shape index (κ1) is 14.4. The average molecular weight is 285 g/mol. The molecule has 0 aliphatic carbocycles. The lowest BCUT2D eigenvalue weighted by atomic mass is 10.1. The zero-order valence-electron chi connectivity index (χ0n) is 10.8. The van der Waals surface area contributed by atoms with Crippen molar-refractivity contribution in [2.75, 3.05) is 13.7 Å². The van der Waals surface area contributed by atoms with Gasteiger partial charge in [0.25, 0.3) is 0 Å². The van der Waals surface area contributed by atoms with Crippen LogP contribution >= 0.6 is 0 Å². The average Bonchev–Trinajstić information content (AvgIpc) is 2.90. The van der Waals surface area contributed by atoms with E-state index in [1.165, 1.54) is 11.8 Å². The first-order valence-corrected chi connectivity index (χ1v) is 5.91. The van der Waals surface area contributed by atoms with Crippen molar-refractivity contribution in [3.8, 4) is 5.75 Å². The van der Waals surface area contributed by atoms with Gasteiger partial charge in [-0.1, -0.05) is 18.2 Å². The molecular weight excluding hydrogens is 271 g/mol. The van der Waals surface area contributed by atoms with E-state index in [2.05, 4.69) is 5.10 Å². The van der Waals surface area contributed by atoms with Gasteiger partial charge in [-0.3, -0.25) is 4.68 Å². The van der Waals surface area contributed by atoms with Crippen molar-refractivity contribution in [2.24, 2.45) is 5.73 Å². The van der Waals surface area contributed by atoms with Crippen LogP contribution < -0.4 is 10.5 Å². The van der Waals surface area contributed by atoms with Gasteiger partial charge in [-0.05, 0) is 6.07 Å². The summed E-state index contributed by atoms with van der Waals surface area (Å²) >= 11 is 0. The van der Waals surface area contributed by atoms with E-state index in [9.17, 15) is 13.2 Å². The first-order chi connectivity index (χ1) is 9.47. The summed E-state index contributed by atoms with van der Waals surface area (Å²) < 4.78 is 44.2. The minimum atomic E-state index is -4.42. The maximum absolute atomic E-state index is 12.6. The quantitative estimate of drug-likeness (QED) is 0.938. The van der Waals surface area contributed by atoms with Gasteiger partial charge in [-0.25, -0.2) is 0 Å². The van der Waals surface area contributed by atoms with Gasteiger partial charge < -0.3 is 10.5 Å². The summed E-state index contributed by atoms with van der Waals surface area (Å²) in [7, 11) is 1.50. The molecule has 0 saturated carbocycles. The van der Waals surface area contributed by atoms with Crippen molar-refractivity contribution in [2.45, 2.75) is 12.2 Å². The molecule has 1 atom stereocenters. The summed E-state index contributed by atoms with van der Waals surface area (Å²) in [5, 5.41) is 3.77. The van der Waals surface area contributed by atoms with Crippen molar-refractivity contribution in [3.63, 3.8) is 0 Å². The van der Waals surface area contributed by atoms with Crippen molar-refractivity contribution in [1.82, 2.24) is 9.78 Å². The lowest BCUT2D eigenvalue weighted by molar-refractivity contribution is -0.137. The standard InChI is InChI=1S/C13H14F3N3O/c1-20-12-5-3-2-4-10(12)11(6-17)19-8-9(7-18-19)13(14,15)16/h2-5,7-8,11H,6,17H2,1H3. The Morgan fingerprint density at radius 1 is 1.35 bits per heavy atom. The van der Waals surface area contributed by atoms with E-state index >= 15 is 0 Å². The molecule has 4 nitrogen and oxygen atoms in total. The molecule has 2 N–H and O–H groups in total. The maximum Gasteiger partial charge on any atom is 0.419 e. The minimum Gasteiger partial charge on any atom is -0.496 e. The summed E-state index contributed by atoms with van der Waals surface area (Å²) in [6.07, 6.45) is -2.68. The minimum absolute atomic E-state index is 0.110. The monoisotopic (exact) mass is 285 g/mol. The number of nitrogens with zero attached hydrogens (tertiary/aromatic N) is 2. The first-order valence-electron chi connectivity index (χ1n) is 5.91. The van der Waals surface area contributed by atoms with Crippen LogP contribution in [0, 0.1) is 0 Å². The molecule has 7 heteroatoms. The van der Waals surface area contributed by atoms with E-state index in [4.69, 9.17) is 10.5 Å². The molecule has 1 aromatic carbocycles. The molecule has 0 bridgehead atoms. The van der Waals surface area contributed by atoms with Gasteiger partial charge in [0.15, 0.2) is 0 Å². The van der Waals surface area contributed by atoms with E-state index < -0.39 is 17.8 Å². The Kier molecular flexibility index (Phi) is 3.99. The summed E-state index contributed by atoms with van der Waals surface area (Å²) in [6.45, 7) is 0.110. The van der Waals surface area contributed by atoms with Crippen LogP contribution in [0.2, 0.25) is 0 Å². The van der Waals surface area contributed by atoms with Crippen LogP contribution in [-0.4, -0.2) is 23.4 Å². The Morgan fingerprint density at radius 3 is 2.60 bits per heavy atom. The van der Waals surface area contributed by atoms with E-state index in [0.29, 0.717) is 11.3 Å². The molecule has 0 spiro atoms. The molecule has 0 fully saturated rings. The third-order valence-electron chi connectivity index (χ3n) is 2.97. The summed E-state index contributed by atoms with van der Waals surface area (Å²) in [5.41, 5.74) is 5.57. The number of rotatable bonds is 4. The van der Waals surface area contributed by atoms with Gasteiger partial charge in [0.1, 0.15) is 5.75 Å². The number of alkyl halides is 3. The van der Waals surface area contributed by atoms with Gasteiger partial charge in [0.05, 0.1) is 24.9 Å². The van der Waals surface area contributed by atoms with Gasteiger partial charge >= 0.3 is 6.18 Å². The van der Waals surface area contributed by atoms with Gasteiger partial charge in [0, 0.05) is 18.3 Å². The smallest absolute Gasteiger partial charge is 0.419 e. The number of halogens is 3. The Balaban J connectivity index is 2.40. The molecule has 0 aliphatic heterocycles. The number of ether oxygens (including phenoxy) is 1.